The van der Waals surface area contributed by atoms with Gasteiger partial charge in [0.25, 0.3) is 0 Å². The monoisotopic (exact) mass is 209 g/mol. The first kappa shape index (κ1) is 10.4. The third-order valence-corrected chi connectivity index (χ3v) is 3.11. The molecule has 6 nitrogen and oxygen atoms in total. The van der Waals surface area contributed by atoms with E-state index < -0.39 is 21.7 Å². The van der Waals surface area contributed by atoms with Gasteiger partial charge < -0.3 is 5.11 Å². The summed E-state index contributed by atoms with van der Waals surface area (Å²) in [6, 6.07) is 0. The summed E-state index contributed by atoms with van der Waals surface area (Å²) in [4.78, 5) is 15.0. The summed E-state index contributed by atoms with van der Waals surface area (Å²) in [7, 11) is -3.77. The van der Waals surface area contributed by atoms with E-state index in [-0.39, 0.29) is 6.54 Å². The van der Waals surface area contributed by atoms with Crippen LogP contribution in [0.25, 0.3) is 0 Å². The molecule has 0 aromatic carbocycles. The Labute approximate surface area is 76.1 Å². The van der Waals surface area contributed by atoms with Crippen molar-refractivity contribution in [1.29, 1.82) is 0 Å². The fraction of sp³-hybridized carbons (Fsp3) is 0.833. The molecule has 0 amide bonds. The second-order valence-electron chi connectivity index (χ2n) is 2.72. The van der Waals surface area contributed by atoms with Gasteiger partial charge in [0.2, 0.25) is 10.0 Å². The fourth-order valence-corrected chi connectivity index (χ4v) is 2.12. The van der Waals surface area contributed by atoms with E-state index >= 15 is 0 Å². The second-order valence-corrected chi connectivity index (χ2v) is 4.58. The normalized spacial score (nSPS) is 20.0. The molecule has 7 heteroatoms. The fourth-order valence-electron chi connectivity index (χ4n) is 1.02. The van der Waals surface area contributed by atoms with Gasteiger partial charge in [0, 0.05) is 6.54 Å². The number of hydrogen-bond donors (Lipinski definition) is 1. The predicted molar refractivity (Wildman–Crippen MR) is 43.3 cm³/mol. The Kier molecular flexibility index (Phi) is 3.23. The first-order valence-electron chi connectivity index (χ1n) is 3.87. The second kappa shape index (κ2) is 4.03. The van der Waals surface area contributed by atoms with E-state index in [1.54, 1.807) is 0 Å². The van der Waals surface area contributed by atoms with Crippen molar-refractivity contribution in [3.63, 3.8) is 0 Å². The zero-order valence-corrected chi connectivity index (χ0v) is 7.79. The van der Waals surface area contributed by atoms with Crippen LogP contribution in [0.1, 0.15) is 12.8 Å². The van der Waals surface area contributed by atoms with Crippen molar-refractivity contribution in [2.45, 2.75) is 12.8 Å². The summed E-state index contributed by atoms with van der Waals surface area (Å²) >= 11 is 0. The van der Waals surface area contributed by atoms with Gasteiger partial charge in [0.05, 0.1) is 6.61 Å². The molecule has 13 heavy (non-hydrogen) atoms. The van der Waals surface area contributed by atoms with Crippen LogP contribution in [-0.2, 0) is 19.7 Å². The Morgan fingerprint density at radius 2 is 2.15 bits per heavy atom. The molecule has 0 atom stereocenters. The van der Waals surface area contributed by atoms with Gasteiger partial charge in [0.1, 0.15) is 0 Å². The number of hydroxylamine groups is 1. The number of nitrogens with zero attached hydrogens (tertiary/aromatic N) is 1. The molecule has 0 bridgehead atoms. The van der Waals surface area contributed by atoms with Gasteiger partial charge in [-0.2, -0.15) is 0 Å². The van der Waals surface area contributed by atoms with E-state index in [2.05, 4.69) is 0 Å². The number of sulfonamides is 1. The summed E-state index contributed by atoms with van der Waals surface area (Å²) in [6.45, 7) is 0.578. The highest BCUT2D eigenvalue weighted by atomic mass is 32.2. The summed E-state index contributed by atoms with van der Waals surface area (Å²) in [5, 5.41) is 8.32. The van der Waals surface area contributed by atoms with Crippen LogP contribution in [0.2, 0.25) is 0 Å². The van der Waals surface area contributed by atoms with Gasteiger partial charge in [0.15, 0.2) is 5.75 Å². The lowest BCUT2D eigenvalue weighted by Crippen LogP contribution is -2.38. The molecule has 0 radical (unpaired) electrons. The zero-order valence-electron chi connectivity index (χ0n) is 6.97. The minimum Gasteiger partial charge on any atom is -0.480 e. The van der Waals surface area contributed by atoms with E-state index in [1.165, 1.54) is 0 Å². The van der Waals surface area contributed by atoms with Crippen molar-refractivity contribution >= 4 is 16.0 Å². The molecule has 1 N–H and O–H groups in total. The molecule has 0 saturated carbocycles. The van der Waals surface area contributed by atoms with E-state index in [9.17, 15) is 13.2 Å². The average Bonchev–Trinajstić information content (AvgIpc) is 2.04. The maximum Gasteiger partial charge on any atom is 0.320 e. The number of carboxylic acids is 1. The van der Waals surface area contributed by atoms with E-state index in [1.807, 2.05) is 0 Å². The molecule has 0 unspecified atom stereocenters. The standard InChI is InChI=1S/C6H11NO5S/c8-6(9)5-13(10,11)7-3-1-2-4-12-7/h1-5H2,(H,8,9). The van der Waals surface area contributed by atoms with Crippen molar-refractivity contribution in [2.24, 2.45) is 0 Å². The summed E-state index contributed by atoms with van der Waals surface area (Å²) in [5.74, 6) is -2.28. The van der Waals surface area contributed by atoms with Gasteiger partial charge in [-0.1, -0.05) is 4.47 Å². The number of rotatable bonds is 3. The summed E-state index contributed by atoms with van der Waals surface area (Å²) in [6.07, 6.45) is 1.51. The summed E-state index contributed by atoms with van der Waals surface area (Å²) < 4.78 is 23.2. The van der Waals surface area contributed by atoms with Crippen molar-refractivity contribution in [3.05, 3.63) is 0 Å². The smallest absolute Gasteiger partial charge is 0.320 e. The van der Waals surface area contributed by atoms with Gasteiger partial charge >= 0.3 is 5.97 Å². The maximum atomic E-state index is 11.2. The molecule has 0 spiro atoms. The largest absolute Gasteiger partial charge is 0.480 e. The lowest BCUT2D eigenvalue weighted by atomic mass is 10.3. The molecule has 0 aromatic heterocycles. The maximum absolute atomic E-state index is 11.2. The van der Waals surface area contributed by atoms with Crippen LogP contribution in [0.15, 0.2) is 0 Å². The summed E-state index contributed by atoms with van der Waals surface area (Å²) in [5.41, 5.74) is 0. The Morgan fingerprint density at radius 1 is 1.46 bits per heavy atom. The van der Waals surface area contributed by atoms with E-state index in [0.29, 0.717) is 13.0 Å². The molecule has 76 valence electrons. The number of aliphatic carboxylic acids is 1. The average molecular weight is 209 g/mol. The predicted octanol–water partition coefficient (Wildman–Crippen LogP) is -0.572. The quantitative estimate of drug-likeness (QED) is 0.672. The van der Waals surface area contributed by atoms with Gasteiger partial charge in [-0.3, -0.25) is 9.63 Å². The Hall–Kier alpha value is -0.660. The molecular formula is C6H11NO5S. The highest BCUT2D eigenvalue weighted by Gasteiger charge is 2.27. The molecule has 1 rings (SSSR count). The van der Waals surface area contributed by atoms with Crippen LogP contribution in [0.4, 0.5) is 0 Å². The molecule has 1 aliphatic heterocycles. The Morgan fingerprint density at radius 3 is 2.62 bits per heavy atom. The van der Waals surface area contributed by atoms with Crippen LogP contribution in [0.5, 0.6) is 0 Å². The zero-order chi connectivity index (χ0) is 9.90. The molecule has 1 saturated heterocycles. The van der Waals surface area contributed by atoms with Gasteiger partial charge in [-0.05, 0) is 12.8 Å². The topological polar surface area (TPSA) is 83.9 Å². The minimum absolute atomic E-state index is 0.246. The number of carboxylic acid groups (broad SMARTS) is 1. The molecule has 0 aliphatic carbocycles. The number of carbonyl (C=O) groups is 1. The van der Waals surface area contributed by atoms with Gasteiger partial charge in [-0.25, -0.2) is 8.42 Å². The first-order valence-corrected chi connectivity index (χ1v) is 5.48. The minimum atomic E-state index is -3.77. The highest BCUT2D eigenvalue weighted by molar-refractivity contribution is 7.89. The molecular weight excluding hydrogens is 198 g/mol. The third-order valence-electron chi connectivity index (χ3n) is 1.59. The molecule has 1 fully saturated rings. The van der Waals surface area contributed by atoms with Crippen molar-refractivity contribution in [1.82, 2.24) is 4.47 Å². The van der Waals surface area contributed by atoms with Crippen molar-refractivity contribution in [3.8, 4) is 0 Å². The molecule has 1 heterocycles. The third kappa shape index (κ3) is 2.94. The van der Waals surface area contributed by atoms with E-state index in [0.717, 1.165) is 10.9 Å². The Balaban J connectivity index is 2.62. The SMILES string of the molecule is O=C(O)CS(=O)(=O)N1CCCCO1. The number of hydrogen-bond acceptors (Lipinski definition) is 4. The lowest BCUT2D eigenvalue weighted by molar-refractivity contribution is -0.135. The van der Waals surface area contributed by atoms with Crippen LogP contribution < -0.4 is 0 Å². The first-order chi connectivity index (χ1) is 6.02. The van der Waals surface area contributed by atoms with Crippen LogP contribution in [-0.4, -0.2) is 42.9 Å². The Bertz CT molecular complexity index is 279. The lowest BCUT2D eigenvalue weighted by Gasteiger charge is -2.24. The van der Waals surface area contributed by atoms with Crippen LogP contribution >= 0.6 is 0 Å². The molecule has 1 aliphatic rings. The van der Waals surface area contributed by atoms with Crippen molar-refractivity contribution in [2.75, 3.05) is 18.9 Å². The molecule has 0 aromatic rings. The van der Waals surface area contributed by atoms with E-state index in [4.69, 9.17) is 9.94 Å². The van der Waals surface area contributed by atoms with Gasteiger partial charge in [-0.15, -0.1) is 0 Å². The van der Waals surface area contributed by atoms with Crippen molar-refractivity contribution < 1.29 is 23.2 Å². The highest BCUT2D eigenvalue weighted by Crippen LogP contribution is 2.11. The van der Waals surface area contributed by atoms with Crippen LogP contribution in [0, 0.1) is 0 Å². The van der Waals surface area contributed by atoms with Crippen LogP contribution in [0.3, 0.4) is 0 Å².